The Morgan fingerprint density at radius 2 is 2.23 bits per heavy atom. The number of hydrogen-bond donors (Lipinski definition) is 2. The van der Waals surface area contributed by atoms with Gasteiger partial charge in [0.1, 0.15) is 16.5 Å². The van der Waals surface area contributed by atoms with Gasteiger partial charge in [-0.15, -0.1) is 21.5 Å². The number of tetrazole rings is 1. The predicted molar refractivity (Wildman–Crippen MR) is 99.8 cm³/mol. The molecule has 1 fully saturated rings. The van der Waals surface area contributed by atoms with E-state index in [1.165, 1.54) is 16.9 Å². The lowest BCUT2D eigenvalue weighted by molar-refractivity contribution is 0.317. The van der Waals surface area contributed by atoms with Crippen LogP contribution in [0.15, 0.2) is 0 Å². The summed E-state index contributed by atoms with van der Waals surface area (Å²) in [5.74, 6) is 3.33. The summed E-state index contributed by atoms with van der Waals surface area (Å²) in [6, 6.07) is 0. The molecule has 1 saturated heterocycles. The van der Waals surface area contributed by atoms with Crippen LogP contribution in [-0.4, -0.2) is 48.6 Å². The van der Waals surface area contributed by atoms with Crippen LogP contribution in [0.3, 0.4) is 0 Å². The van der Waals surface area contributed by atoms with Crippen molar-refractivity contribution in [2.75, 3.05) is 18.8 Å². The molecule has 26 heavy (non-hydrogen) atoms. The van der Waals surface area contributed by atoms with Gasteiger partial charge >= 0.3 is 0 Å². The number of nitrogens with two attached hydrogens (primary N) is 1. The van der Waals surface area contributed by atoms with E-state index in [9.17, 15) is 0 Å². The Hall–Kier alpha value is -2.13. The topological polar surface area (TPSA) is 110 Å². The van der Waals surface area contributed by atoms with E-state index in [1.54, 1.807) is 11.3 Å². The molecule has 2 unspecified atom stereocenters. The molecule has 1 aliphatic heterocycles. The number of H-pyrrole nitrogens is 1. The molecule has 2 aliphatic rings. The number of aryl methyl sites for hydroxylation is 1. The second-order valence-electron chi connectivity index (χ2n) is 7.55. The number of rotatable bonds is 3. The first-order valence-corrected chi connectivity index (χ1v) is 10.0. The number of nitrogen functional groups attached to an aromatic ring is 1. The summed E-state index contributed by atoms with van der Waals surface area (Å²) in [5.41, 5.74) is 7.74. The zero-order chi connectivity index (χ0) is 17.7. The minimum atomic E-state index is 0.324. The molecule has 9 heteroatoms. The van der Waals surface area contributed by atoms with E-state index in [2.05, 4.69) is 37.4 Å². The maximum Gasteiger partial charge on any atom is 0.178 e. The van der Waals surface area contributed by atoms with E-state index in [0.717, 1.165) is 60.1 Å². The van der Waals surface area contributed by atoms with Crippen molar-refractivity contribution in [1.82, 2.24) is 35.5 Å². The van der Waals surface area contributed by atoms with Gasteiger partial charge in [-0.25, -0.2) is 9.97 Å². The summed E-state index contributed by atoms with van der Waals surface area (Å²) in [5, 5.41) is 15.5. The molecule has 1 aliphatic carbocycles. The first-order chi connectivity index (χ1) is 12.7. The van der Waals surface area contributed by atoms with Crippen LogP contribution >= 0.6 is 11.3 Å². The highest BCUT2D eigenvalue weighted by Gasteiger charge is 2.28. The fraction of sp³-hybridized carbons (Fsp3) is 0.588. The van der Waals surface area contributed by atoms with Gasteiger partial charge in [-0.05, 0) is 43.7 Å². The molecule has 3 N–H and O–H groups in total. The Morgan fingerprint density at radius 1 is 1.31 bits per heavy atom. The van der Waals surface area contributed by atoms with Crippen molar-refractivity contribution in [1.29, 1.82) is 0 Å². The van der Waals surface area contributed by atoms with Gasteiger partial charge in [-0.1, -0.05) is 12.1 Å². The number of aromatic amines is 1. The van der Waals surface area contributed by atoms with E-state index in [-0.39, 0.29) is 0 Å². The van der Waals surface area contributed by atoms with E-state index < -0.39 is 0 Å². The summed E-state index contributed by atoms with van der Waals surface area (Å²) in [6.45, 7) is 4.92. The third-order valence-corrected chi connectivity index (χ3v) is 6.74. The molecule has 4 heterocycles. The Labute approximate surface area is 155 Å². The molecular weight excluding hydrogens is 348 g/mol. The highest BCUT2D eigenvalue weighted by Crippen LogP contribution is 2.39. The highest BCUT2D eigenvalue weighted by molar-refractivity contribution is 7.19. The quantitative estimate of drug-likeness (QED) is 0.724. The molecule has 0 saturated carbocycles. The molecule has 3 aromatic rings. The molecule has 0 radical (unpaired) electrons. The van der Waals surface area contributed by atoms with Gasteiger partial charge in [0, 0.05) is 17.3 Å². The molecule has 0 spiro atoms. The number of nitrogens with zero attached hydrogens (tertiary/aromatic N) is 6. The highest BCUT2D eigenvalue weighted by atomic mass is 32.1. The largest absolute Gasteiger partial charge is 0.383 e. The molecule has 5 rings (SSSR count). The number of likely N-dealkylation sites (tertiary alicyclic amines) is 1. The molecule has 3 aromatic heterocycles. The lowest BCUT2D eigenvalue weighted by Crippen LogP contribution is -2.21. The zero-order valence-electron chi connectivity index (χ0n) is 14.8. The molecule has 0 bridgehead atoms. The van der Waals surface area contributed by atoms with Crippen molar-refractivity contribution in [3.63, 3.8) is 0 Å². The van der Waals surface area contributed by atoms with Crippen LogP contribution in [0, 0.1) is 5.92 Å². The first kappa shape index (κ1) is 16.1. The molecule has 0 amide bonds. The van der Waals surface area contributed by atoms with Crippen LogP contribution in [0.2, 0.25) is 0 Å². The third-order valence-electron chi connectivity index (χ3n) is 5.59. The number of aromatic nitrogens is 6. The van der Waals surface area contributed by atoms with Crippen molar-refractivity contribution >= 4 is 27.4 Å². The summed E-state index contributed by atoms with van der Waals surface area (Å²) >= 11 is 1.81. The van der Waals surface area contributed by atoms with Crippen LogP contribution in [0.1, 0.15) is 47.8 Å². The van der Waals surface area contributed by atoms with Crippen LogP contribution in [0.5, 0.6) is 0 Å². The summed E-state index contributed by atoms with van der Waals surface area (Å²) in [6.07, 6.45) is 4.50. The maximum absolute atomic E-state index is 6.34. The zero-order valence-corrected chi connectivity index (χ0v) is 15.6. The Bertz CT molecular complexity index is 934. The van der Waals surface area contributed by atoms with Crippen molar-refractivity contribution in [3.8, 4) is 0 Å². The van der Waals surface area contributed by atoms with Crippen LogP contribution < -0.4 is 5.73 Å². The number of nitrogens with one attached hydrogen (secondary N) is 1. The van der Waals surface area contributed by atoms with Crippen LogP contribution in [-0.2, 0) is 19.4 Å². The second kappa shape index (κ2) is 6.24. The van der Waals surface area contributed by atoms with Gasteiger partial charge in [0.15, 0.2) is 5.82 Å². The average Bonchev–Trinajstić information content (AvgIpc) is 3.32. The van der Waals surface area contributed by atoms with Crippen molar-refractivity contribution in [3.05, 3.63) is 22.1 Å². The van der Waals surface area contributed by atoms with Crippen LogP contribution in [0.4, 0.5) is 5.82 Å². The van der Waals surface area contributed by atoms with E-state index in [1.807, 2.05) is 0 Å². The fourth-order valence-corrected chi connectivity index (χ4v) is 5.63. The van der Waals surface area contributed by atoms with Gasteiger partial charge in [-0.3, -0.25) is 4.90 Å². The lowest BCUT2D eigenvalue weighted by atomic mass is 9.89. The van der Waals surface area contributed by atoms with Gasteiger partial charge in [-0.2, -0.15) is 5.21 Å². The molecule has 0 aromatic carbocycles. The van der Waals surface area contributed by atoms with Crippen molar-refractivity contribution in [2.45, 2.75) is 45.1 Å². The van der Waals surface area contributed by atoms with Crippen molar-refractivity contribution < 1.29 is 0 Å². The molecule has 8 nitrogen and oxygen atoms in total. The Morgan fingerprint density at radius 3 is 3.08 bits per heavy atom. The number of anilines is 1. The minimum Gasteiger partial charge on any atom is -0.383 e. The van der Waals surface area contributed by atoms with Gasteiger partial charge in [0.2, 0.25) is 0 Å². The van der Waals surface area contributed by atoms with E-state index >= 15 is 0 Å². The Balaban J connectivity index is 1.38. The SMILES string of the molecule is CC1CCc2c(sc3nc(CN4CCC(c5nn[nH]n5)C4)nc(N)c23)C1. The minimum absolute atomic E-state index is 0.324. The third kappa shape index (κ3) is 2.75. The average molecular weight is 370 g/mol. The number of fused-ring (bicyclic) bond motifs is 3. The molecule has 136 valence electrons. The summed E-state index contributed by atoms with van der Waals surface area (Å²) in [4.78, 5) is 14.3. The second-order valence-corrected chi connectivity index (χ2v) is 8.63. The molecular formula is C17H22N8S. The smallest absolute Gasteiger partial charge is 0.178 e. The number of hydrogen-bond acceptors (Lipinski definition) is 8. The van der Waals surface area contributed by atoms with Crippen molar-refractivity contribution in [2.24, 2.45) is 5.92 Å². The maximum atomic E-state index is 6.34. The predicted octanol–water partition coefficient (Wildman–Crippen LogP) is 1.90. The standard InChI is InChI=1S/C17H22N8S/c1-9-2-3-11-12(6-9)26-17-14(11)15(18)19-13(20-17)8-25-5-4-10(7-25)16-21-23-24-22-16/h9-10H,2-8H2,1H3,(H2,18,19,20)(H,21,22,23,24). The summed E-state index contributed by atoms with van der Waals surface area (Å²) < 4.78 is 0. The van der Waals surface area contributed by atoms with Gasteiger partial charge in [0.05, 0.1) is 11.9 Å². The fourth-order valence-electron chi connectivity index (χ4n) is 4.22. The monoisotopic (exact) mass is 370 g/mol. The lowest BCUT2D eigenvalue weighted by Gasteiger charge is -2.18. The number of thiophene rings is 1. The molecule has 2 atom stereocenters. The summed E-state index contributed by atoms with van der Waals surface area (Å²) in [7, 11) is 0. The van der Waals surface area contributed by atoms with E-state index in [0.29, 0.717) is 18.3 Å². The normalized spacial score (nSPS) is 23.6. The first-order valence-electron chi connectivity index (χ1n) is 9.19. The van der Waals surface area contributed by atoms with Crippen LogP contribution in [0.25, 0.3) is 10.2 Å². The van der Waals surface area contributed by atoms with Gasteiger partial charge < -0.3 is 5.73 Å². The Kier molecular flexibility index (Phi) is 3.86. The van der Waals surface area contributed by atoms with E-state index in [4.69, 9.17) is 10.7 Å². The van der Waals surface area contributed by atoms with Gasteiger partial charge in [0.25, 0.3) is 0 Å².